The van der Waals surface area contributed by atoms with Gasteiger partial charge in [-0.1, -0.05) is 12.1 Å². The maximum Gasteiger partial charge on any atom is 0.227 e. The van der Waals surface area contributed by atoms with Gasteiger partial charge >= 0.3 is 0 Å². The second kappa shape index (κ2) is 5.91. The molecule has 0 aliphatic carbocycles. The van der Waals surface area contributed by atoms with Crippen molar-refractivity contribution in [3.8, 4) is 0 Å². The van der Waals surface area contributed by atoms with Crippen LogP contribution < -0.4 is 9.80 Å². The number of carbonyl (C=O) groups excluding carboxylic acids is 1. The van der Waals surface area contributed by atoms with Gasteiger partial charge in [-0.2, -0.15) is 0 Å². The largest absolute Gasteiger partial charge is 0.368 e. The van der Waals surface area contributed by atoms with Crippen LogP contribution in [0, 0.1) is 5.92 Å². The second-order valence-electron chi connectivity index (χ2n) is 6.09. The number of fused-ring (bicyclic) bond motifs is 1. The highest BCUT2D eigenvalue weighted by atomic mass is 32.2. The number of nitrogens with zero attached hydrogens (tertiary/aromatic N) is 2. The van der Waals surface area contributed by atoms with Crippen LogP contribution in [0.25, 0.3) is 0 Å². The number of rotatable bonds is 3. The molecular formula is C16H22N2O3S. The molecule has 1 saturated heterocycles. The average Bonchev–Trinajstić information content (AvgIpc) is 2.84. The summed E-state index contributed by atoms with van der Waals surface area (Å²) < 4.78 is 23.1. The minimum Gasteiger partial charge on any atom is -0.368 e. The predicted molar refractivity (Wildman–Crippen MR) is 88.1 cm³/mol. The zero-order chi connectivity index (χ0) is 15.7. The fourth-order valence-corrected chi connectivity index (χ4v) is 5.26. The molecule has 0 aromatic heterocycles. The predicted octanol–water partition coefficient (Wildman–Crippen LogP) is 1.68. The number of amides is 1. The number of para-hydroxylation sites is 2. The van der Waals surface area contributed by atoms with Gasteiger partial charge in [0.25, 0.3) is 0 Å². The van der Waals surface area contributed by atoms with Crippen molar-refractivity contribution in [1.29, 1.82) is 0 Å². The van der Waals surface area contributed by atoms with Gasteiger partial charge in [-0.05, 0) is 31.4 Å². The molecule has 0 N–H and O–H groups in total. The molecule has 0 radical (unpaired) electrons. The van der Waals surface area contributed by atoms with Crippen LogP contribution in [-0.4, -0.2) is 45.5 Å². The summed E-state index contributed by atoms with van der Waals surface area (Å²) in [5.41, 5.74) is 2.03. The van der Waals surface area contributed by atoms with Crippen LogP contribution in [-0.2, 0) is 14.6 Å². The molecule has 6 heteroatoms. The Morgan fingerprint density at radius 1 is 1.23 bits per heavy atom. The second-order valence-corrected chi connectivity index (χ2v) is 8.32. The fraction of sp³-hybridized carbons (Fsp3) is 0.562. The summed E-state index contributed by atoms with van der Waals surface area (Å²) in [6.45, 7) is 4.52. The van der Waals surface area contributed by atoms with Gasteiger partial charge in [-0.3, -0.25) is 4.79 Å². The average molecular weight is 322 g/mol. The van der Waals surface area contributed by atoms with E-state index in [0.717, 1.165) is 24.5 Å². The van der Waals surface area contributed by atoms with Crippen LogP contribution in [0.1, 0.15) is 19.8 Å². The highest BCUT2D eigenvalue weighted by Gasteiger charge is 2.32. The topological polar surface area (TPSA) is 57.7 Å². The van der Waals surface area contributed by atoms with Crippen LogP contribution in [0.15, 0.2) is 24.3 Å². The number of hydrogen-bond donors (Lipinski definition) is 0. The number of hydrogen-bond acceptors (Lipinski definition) is 4. The third kappa shape index (κ3) is 2.97. The maximum atomic E-state index is 12.6. The van der Waals surface area contributed by atoms with Crippen molar-refractivity contribution in [2.45, 2.75) is 19.8 Å². The zero-order valence-electron chi connectivity index (χ0n) is 12.9. The lowest BCUT2D eigenvalue weighted by molar-refractivity contribution is -0.119. The number of sulfone groups is 1. The van der Waals surface area contributed by atoms with E-state index >= 15 is 0 Å². The Hall–Kier alpha value is -1.56. The van der Waals surface area contributed by atoms with Gasteiger partial charge in [0.05, 0.1) is 22.9 Å². The first kappa shape index (κ1) is 15.3. The Labute approximate surface area is 131 Å². The van der Waals surface area contributed by atoms with Crippen molar-refractivity contribution in [3.63, 3.8) is 0 Å². The monoisotopic (exact) mass is 322 g/mol. The van der Waals surface area contributed by atoms with Crippen molar-refractivity contribution in [2.24, 2.45) is 5.92 Å². The molecule has 1 aromatic rings. The van der Waals surface area contributed by atoms with Crippen LogP contribution in [0.4, 0.5) is 11.4 Å². The van der Waals surface area contributed by atoms with Crippen molar-refractivity contribution in [3.05, 3.63) is 24.3 Å². The third-order valence-electron chi connectivity index (χ3n) is 4.58. The SMILES string of the molecule is CCN1CCN(C(=O)C[C@@H]2CCS(=O)(=O)C2)c2ccccc21. The van der Waals surface area contributed by atoms with E-state index in [-0.39, 0.29) is 23.3 Å². The molecule has 120 valence electrons. The molecule has 0 saturated carbocycles. The van der Waals surface area contributed by atoms with Gasteiger partial charge in [-0.15, -0.1) is 0 Å². The lowest BCUT2D eigenvalue weighted by Gasteiger charge is -2.37. The molecule has 3 rings (SSSR count). The molecule has 1 aromatic carbocycles. The van der Waals surface area contributed by atoms with E-state index < -0.39 is 9.84 Å². The number of carbonyl (C=O) groups is 1. The van der Waals surface area contributed by atoms with Gasteiger partial charge < -0.3 is 9.80 Å². The Balaban J connectivity index is 1.76. The summed E-state index contributed by atoms with van der Waals surface area (Å²) in [6, 6.07) is 7.94. The third-order valence-corrected chi connectivity index (χ3v) is 6.42. The van der Waals surface area contributed by atoms with Gasteiger partial charge in [0.15, 0.2) is 9.84 Å². The van der Waals surface area contributed by atoms with Crippen molar-refractivity contribution in [1.82, 2.24) is 0 Å². The standard InChI is InChI=1S/C16H22N2O3S/c1-2-17-8-9-18(15-6-4-3-5-14(15)17)16(19)11-13-7-10-22(20,21)12-13/h3-6,13H,2,7-12H2,1H3/t13-/m0/s1. The Bertz CT molecular complexity index is 672. The van der Waals surface area contributed by atoms with E-state index in [1.54, 1.807) is 0 Å². The highest BCUT2D eigenvalue weighted by Crippen LogP contribution is 2.34. The van der Waals surface area contributed by atoms with Crippen molar-refractivity contribution < 1.29 is 13.2 Å². The summed E-state index contributed by atoms with van der Waals surface area (Å²) in [7, 11) is -2.92. The fourth-order valence-electron chi connectivity index (χ4n) is 3.40. The zero-order valence-corrected chi connectivity index (χ0v) is 13.7. The first-order chi connectivity index (χ1) is 10.5. The molecule has 1 fully saturated rings. The molecular weight excluding hydrogens is 300 g/mol. The summed E-state index contributed by atoms with van der Waals surface area (Å²) in [6.07, 6.45) is 0.949. The summed E-state index contributed by atoms with van der Waals surface area (Å²) in [4.78, 5) is 16.7. The first-order valence-corrected chi connectivity index (χ1v) is 9.67. The van der Waals surface area contributed by atoms with Crippen molar-refractivity contribution >= 4 is 27.1 Å². The van der Waals surface area contributed by atoms with E-state index in [1.165, 1.54) is 0 Å². The van der Waals surface area contributed by atoms with E-state index in [4.69, 9.17) is 0 Å². The normalized spacial score (nSPS) is 23.4. The highest BCUT2D eigenvalue weighted by molar-refractivity contribution is 7.91. The molecule has 1 amide bonds. The Morgan fingerprint density at radius 3 is 2.59 bits per heavy atom. The smallest absolute Gasteiger partial charge is 0.227 e. The molecule has 22 heavy (non-hydrogen) atoms. The van der Waals surface area contributed by atoms with Gasteiger partial charge in [0.2, 0.25) is 5.91 Å². The lowest BCUT2D eigenvalue weighted by Crippen LogP contribution is -2.44. The van der Waals surface area contributed by atoms with Gasteiger partial charge in [-0.25, -0.2) is 8.42 Å². The molecule has 0 spiro atoms. The number of benzene rings is 1. The molecule has 2 aliphatic heterocycles. The molecule has 5 nitrogen and oxygen atoms in total. The van der Waals surface area contributed by atoms with Gasteiger partial charge in [0.1, 0.15) is 0 Å². The summed E-state index contributed by atoms with van der Waals surface area (Å²) in [5.74, 6) is 0.416. The van der Waals surface area contributed by atoms with Gasteiger partial charge in [0, 0.05) is 26.1 Å². The quantitative estimate of drug-likeness (QED) is 0.850. The maximum absolute atomic E-state index is 12.6. The Kier molecular flexibility index (Phi) is 4.12. The molecule has 1 atom stereocenters. The molecule has 2 heterocycles. The van der Waals surface area contributed by atoms with E-state index in [2.05, 4.69) is 11.8 Å². The lowest BCUT2D eigenvalue weighted by atomic mass is 10.0. The minimum atomic E-state index is -2.92. The summed E-state index contributed by atoms with van der Waals surface area (Å²) >= 11 is 0. The minimum absolute atomic E-state index is 0.0196. The van der Waals surface area contributed by atoms with Crippen LogP contribution in [0.3, 0.4) is 0 Å². The summed E-state index contributed by atoms with van der Waals surface area (Å²) in [5, 5.41) is 0. The van der Waals surface area contributed by atoms with E-state index in [1.807, 2.05) is 29.2 Å². The van der Waals surface area contributed by atoms with Crippen LogP contribution in [0.2, 0.25) is 0 Å². The number of anilines is 2. The number of likely N-dealkylation sites (N-methyl/N-ethyl adjacent to an activating group) is 1. The van der Waals surface area contributed by atoms with Crippen LogP contribution in [0.5, 0.6) is 0 Å². The van der Waals surface area contributed by atoms with E-state index in [9.17, 15) is 13.2 Å². The van der Waals surface area contributed by atoms with E-state index in [0.29, 0.717) is 19.4 Å². The van der Waals surface area contributed by atoms with Crippen molar-refractivity contribution in [2.75, 3.05) is 40.9 Å². The Morgan fingerprint density at radius 2 is 1.95 bits per heavy atom. The van der Waals surface area contributed by atoms with Crippen LogP contribution >= 0.6 is 0 Å². The molecule has 2 aliphatic rings. The first-order valence-electron chi connectivity index (χ1n) is 7.85. The molecule has 0 unspecified atom stereocenters. The molecule has 0 bridgehead atoms.